The van der Waals surface area contributed by atoms with E-state index in [4.69, 9.17) is 0 Å². The number of hydrogen-bond donors (Lipinski definition) is 0. The van der Waals surface area contributed by atoms with Crippen LogP contribution in [0.4, 0.5) is 0 Å². The van der Waals surface area contributed by atoms with E-state index in [9.17, 15) is 0 Å². The van der Waals surface area contributed by atoms with Gasteiger partial charge in [0.2, 0.25) is 0 Å². The van der Waals surface area contributed by atoms with Crippen molar-refractivity contribution >= 4 is 45.2 Å². The first-order valence-electron chi connectivity index (χ1n) is 1.83. The van der Waals surface area contributed by atoms with Gasteiger partial charge in [-0.1, -0.05) is 52.1 Å². The largest absolute Gasteiger partial charge is 0.0829 e. The molecule has 0 aliphatic carbocycles. The van der Waals surface area contributed by atoms with Crippen molar-refractivity contribution in [3.63, 3.8) is 0 Å². The van der Waals surface area contributed by atoms with Gasteiger partial charge in [0.05, 0.1) is 0 Å². The van der Waals surface area contributed by atoms with Crippen molar-refractivity contribution in [1.29, 1.82) is 0 Å². The monoisotopic (exact) mass is 309 g/mol. The number of hydrogen-bond acceptors (Lipinski definition) is 0. The molecule has 0 aromatic carbocycles. The molecule has 2 heteroatoms. The van der Waals surface area contributed by atoms with Gasteiger partial charge in [0.25, 0.3) is 0 Å². The van der Waals surface area contributed by atoms with Gasteiger partial charge in [-0.3, -0.25) is 0 Å². The van der Waals surface area contributed by atoms with E-state index in [-0.39, 0.29) is 0 Å². The Morgan fingerprint density at radius 3 is 2.33 bits per heavy atom. The lowest BCUT2D eigenvalue weighted by Crippen LogP contribution is -1.83. The molecule has 1 radical (unpaired) electrons. The van der Waals surface area contributed by atoms with Crippen LogP contribution in [0.1, 0.15) is 13.3 Å². The summed E-state index contributed by atoms with van der Waals surface area (Å²) < 4.78 is 2.97. The minimum absolute atomic E-state index is 0.805. The Kier molecular flexibility index (Phi) is 5.74. The summed E-state index contributed by atoms with van der Waals surface area (Å²) in [6.45, 7) is 2.20. The summed E-state index contributed by atoms with van der Waals surface area (Å²) in [6, 6.07) is 0. The highest BCUT2D eigenvalue weighted by atomic mass is 127. The van der Waals surface area contributed by atoms with Crippen LogP contribution in [0.3, 0.4) is 0 Å². The maximum Gasteiger partial charge on any atom is 0.0238 e. The van der Waals surface area contributed by atoms with Gasteiger partial charge in [0.1, 0.15) is 0 Å². The van der Waals surface area contributed by atoms with Crippen molar-refractivity contribution in [2.45, 2.75) is 17.3 Å². The maximum absolute atomic E-state index is 2.41. The number of alkyl halides is 1. The van der Waals surface area contributed by atoms with Crippen molar-refractivity contribution < 1.29 is 0 Å². The molecule has 0 saturated heterocycles. The predicted molar refractivity (Wildman–Crippen MR) is 46.4 cm³/mol. The van der Waals surface area contributed by atoms with Crippen molar-refractivity contribution in [1.82, 2.24) is 0 Å². The molecule has 0 bridgehead atoms. The van der Waals surface area contributed by atoms with Gasteiger partial charge < -0.3 is 0 Å². The predicted octanol–water partition coefficient (Wildman–Crippen LogP) is 2.80. The van der Waals surface area contributed by atoms with Crippen LogP contribution in [0.15, 0.2) is 0 Å². The second-order valence-corrected chi connectivity index (χ2v) is 4.18. The summed E-state index contributed by atoms with van der Waals surface area (Å²) in [5, 5.41) is 0. The molecule has 0 heterocycles. The third kappa shape index (κ3) is 5.46. The van der Waals surface area contributed by atoms with E-state index in [1.165, 1.54) is 6.42 Å². The Morgan fingerprint density at radius 1 is 1.83 bits per heavy atom. The van der Waals surface area contributed by atoms with Gasteiger partial charge in [-0.05, 0) is 6.42 Å². The smallest absolute Gasteiger partial charge is 0.0238 e. The van der Waals surface area contributed by atoms with Crippen LogP contribution < -0.4 is 0 Å². The van der Waals surface area contributed by atoms with E-state index < -0.39 is 0 Å². The van der Waals surface area contributed by atoms with Gasteiger partial charge in [0.15, 0.2) is 0 Å². The highest BCUT2D eigenvalue weighted by Crippen LogP contribution is 2.08. The summed E-state index contributed by atoms with van der Waals surface area (Å²) in [5.74, 6) is 0. The molecule has 0 aliphatic rings. The topological polar surface area (TPSA) is 0 Å². The van der Waals surface area contributed by atoms with Crippen LogP contribution in [-0.2, 0) is 0 Å². The highest BCUT2D eigenvalue weighted by molar-refractivity contribution is 14.1. The zero-order valence-electron chi connectivity index (χ0n) is 3.62. The van der Waals surface area contributed by atoms with Crippen LogP contribution in [-0.4, -0.2) is 3.92 Å². The Labute approximate surface area is 66.4 Å². The first-order valence-corrected chi connectivity index (χ1v) is 4.32. The Morgan fingerprint density at radius 2 is 2.33 bits per heavy atom. The van der Waals surface area contributed by atoms with E-state index in [2.05, 4.69) is 56.5 Å². The molecular formula is C4H7I2. The fraction of sp³-hybridized carbons (Fsp3) is 0.750. The lowest BCUT2D eigenvalue weighted by atomic mass is 10.4. The molecule has 0 N–H and O–H groups in total. The van der Waals surface area contributed by atoms with E-state index >= 15 is 0 Å². The average molecular weight is 309 g/mol. The Bertz CT molecular complexity index is 26.7. The average Bonchev–Trinajstić information content (AvgIpc) is 1.35. The van der Waals surface area contributed by atoms with Crippen molar-refractivity contribution in [3.05, 3.63) is 4.43 Å². The van der Waals surface area contributed by atoms with E-state index in [0.29, 0.717) is 0 Å². The zero-order chi connectivity index (χ0) is 4.99. The van der Waals surface area contributed by atoms with E-state index in [0.717, 1.165) is 3.92 Å². The molecule has 0 saturated carbocycles. The summed E-state index contributed by atoms with van der Waals surface area (Å²) in [4.78, 5) is 0. The third-order valence-corrected chi connectivity index (χ3v) is 1.43. The van der Waals surface area contributed by atoms with Crippen LogP contribution in [0, 0.1) is 4.43 Å². The first kappa shape index (κ1) is 7.46. The summed E-state index contributed by atoms with van der Waals surface area (Å²) in [5.41, 5.74) is 0. The standard InChI is InChI=1S/C4H7I2/c1-4(6)2-3-5/h3-4H,2H2,1H3. The molecule has 0 aromatic heterocycles. The normalized spacial score (nSPS) is 14.5. The zero-order valence-corrected chi connectivity index (χ0v) is 7.93. The van der Waals surface area contributed by atoms with Crippen LogP contribution >= 0.6 is 45.2 Å². The van der Waals surface area contributed by atoms with Crippen molar-refractivity contribution in [2.24, 2.45) is 0 Å². The fourth-order valence-corrected chi connectivity index (χ4v) is 2.11. The van der Waals surface area contributed by atoms with Gasteiger partial charge in [-0.2, -0.15) is 0 Å². The molecule has 0 rings (SSSR count). The minimum Gasteiger partial charge on any atom is -0.0829 e. The van der Waals surface area contributed by atoms with Crippen molar-refractivity contribution in [2.75, 3.05) is 0 Å². The second-order valence-electron chi connectivity index (χ2n) is 1.17. The SMILES string of the molecule is CC(I)C[CH]I. The molecule has 1 atom stereocenters. The van der Waals surface area contributed by atoms with E-state index in [1.54, 1.807) is 0 Å². The molecule has 0 aromatic rings. The molecule has 0 fully saturated rings. The van der Waals surface area contributed by atoms with Crippen LogP contribution in [0.2, 0.25) is 0 Å². The summed E-state index contributed by atoms with van der Waals surface area (Å²) >= 11 is 4.68. The minimum atomic E-state index is 0.805. The van der Waals surface area contributed by atoms with Crippen molar-refractivity contribution in [3.8, 4) is 0 Å². The van der Waals surface area contributed by atoms with Crippen LogP contribution in [0.5, 0.6) is 0 Å². The Hall–Kier alpha value is 1.46. The molecule has 0 aliphatic heterocycles. The second kappa shape index (κ2) is 4.61. The molecule has 0 amide bonds. The molecule has 1 unspecified atom stereocenters. The van der Waals surface area contributed by atoms with Crippen LogP contribution in [0.25, 0.3) is 0 Å². The Balaban J connectivity index is 2.63. The first-order chi connectivity index (χ1) is 2.77. The van der Waals surface area contributed by atoms with Gasteiger partial charge in [-0.25, -0.2) is 0 Å². The lowest BCUT2D eigenvalue weighted by molar-refractivity contribution is 1.01. The lowest BCUT2D eigenvalue weighted by Gasteiger charge is -1.92. The van der Waals surface area contributed by atoms with Gasteiger partial charge in [-0.15, -0.1) is 0 Å². The number of halogens is 2. The number of rotatable bonds is 2. The maximum atomic E-state index is 2.41. The molecule has 6 heavy (non-hydrogen) atoms. The molecule has 0 nitrogen and oxygen atoms in total. The highest BCUT2D eigenvalue weighted by Gasteiger charge is 1.89. The molecule has 0 spiro atoms. The quantitative estimate of drug-likeness (QED) is 0.543. The van der Waals surface area contributed by atoms with Gasteiger partial charge in [0, 0.05) is 8.35 Å². The van der Waals surface area contributed by atoms with Gasteiger partial charge >= 0.3 is 0 Å². The summed E-state index contributed by atoms with van der Waals surface area (Å²) in [7, 11) is 0. The molecular weight excluding hydrogens is 302 g/mol. The summed E-state index contributed by atoms with van der Waals surface area (Å²) in [6.07, 6.45) is 1.22. The fourth-order valence-electron chi connectivity index (χ4n) is 0.123. The third-order valence-electron chi connectivity index (χ3n) is 0.414. The molecule has 37 valence electrons. The van der Waals surface area contributed by atoms with E-state index in [1.807, 2.05) is 0 Å².